The lowest BCUT2D eigenvalue weighted by Crippen LogP contribution is -2.24. The number of thiocarbonyl (C=S) groups is 1. The lowest BCUT2D eigenvalue weighted by Gasteiger charge is -2.10. The van der Waals surface area contributed by atoms with E-state index in [0.29, 0.717) is 6.61 Å². The Morgan fingerprint density at radius 3 is 3.00 bits per heavy atom. The van der Waals surface area contributed by atoms with Crippen molar-refractivity contribution in [2.24, 2.45) is 10.8 Å². The van der Waals surface area contributed by atoms with Gasteiger partial charge in [-0.05, 0) is 53.9 Å². The minimum absolute atomic E-state index is 0.129. The Labute approximate surface area is 127 Å². The number of hydrogen-bond acceptors (Lipinski definition) is 3. The van der Waals surface area contributed by atoms with Crippen LogP contribution < -0.4 is 15.9 Å². The van der Waals surface area contributed by atoms with Gasteiger partial charge in [0.25, 0.3) is 0 Å². The zero-order valence-electron chi connectivity index (χ0n) is 9.04. The number of hydrazone groups is 1. The molecule has 7 heteroatoms. The molecule has 0 aliphatic rings. The molecule has 0 bridgehead atoms. The van der Waals surface area contributed by atoms with Gasteiger partial charge in [-0.1, -0.05) is 15.9 Å². The molecule has 4 nitrogen and oxygen atoms in total. The van der Waals surface area contributed by atoms with Crippen molar-refractivity contribution in [3.8, 4) is 5.75 Å². The average molecular weight is 428 g/mol. The van der Waals surface area contributed by atoms with Gasteiger partial charge < -0.3 is 10.5 Å². The van der Waals surface area contributed by atoms with Gasteiger partial charge in [0.15, 0.2) is 5.11 Å². The van der Waals surface area contributed by atoms with Crippen molar-refractivity contribution < 1.29 is 4.74 Å². The molecule has 1 rings (SSSR count). The van der Waals surface area contributed by atoms with E-state index in [-0.39, 0.29) is 5.11 Å². The van der Waals surface area contributed by atoms with E-state index in [0.717, 1.165) is 19.4 Å². The molecule has 0 spiro atoms. The van der Waals surface area contributed by atoms with Gasteiger partial charge in [-0.3, -0.25) is 5.43 Å². The highest BCUT2D eigenvalue weighted by molar-refractivity contribution is 14.1. The van der Waals surface area contributed by atoms with Gasteiger partial charge in [-0.15, -0.1) is 0 Å². The third-order valence-corrected chi connectivity index (χ3v) is 3.05. The maximum Gasteiger partial charge on any atom is 0.184 e. The van der Waals surface area contributed by atoms with E-state index >= 15 is 0 Å². The van der Waals surface area contributed by atoms with Crippen LogP contribution in [-0.4, -0.2) is 17.9 Å². The highest BCUT2D eigenvalue weighted by Gasteiger charge is 2.08. The number of ether oxygens (including phenoxy) is 1. The van der Waals surface area contributed by atoms with Crippen molar-refractivity contribution in [2.45, 2.75) is 6.92 Å². The molecule has 1 aromatic carbocycles. The van der Waals surface area contributed by atoms with Crippen molar-refractivity contribution in [2.75, 3.05) is 6.61 Å². The van der Waals surface area contributed by atoms with E-state index < -0.39 is 0 Å². The van der Waals surface area contributed by atoms with Crippen LogP contribution in [0.4, 0.5) is 0 Å². The molecular formula is C10H11BrIN3OS. The summed E-state index contributed by atoms with van der Waals surface area (Å²) in [6.07, 6.45) is 1.62. The normalized spacial score (nSPS) is 10.5. The van der Waals surface area contributed by atoms with Crippen molar-refractivity contribution in [1.82, 2.24) is 5.43 Å². The molecule has 1 aromatic rings. The summed E-state index contributed by atoms with van der Waals surface area (Å²) in [5, 5.41) is 4.05. The number of nitrogens with two attached hydrogens (primary N) is 1. The molecule has 0 saturated carbocycles. The molecule has 0 amide bonds. The molecular weight excluding hydrogens is 417 g/mol. The lowest BCUT2D eigenvalue weighted by molar-refractivity contribution is 0.337. The first-order valence-electron chi connectivity index (χ1n) is 4.75. The number of nitrogens with zero attached hydrogens (tertiary/aromatic N) is 1. The maximum atomic E-state index is 5.57. The predicted octanol–water partition coefficient (Wildman–Crippen LogP) is 2.62. The van der Waals surface area contributed by atoms with E-state index in [1.54, 1.807) is 6.21 Å². The average Bonchev–Trinajstić information content (AvgIpc) is 2.22. The van der Waals surface area contributed by atoms with Crippen molar-refractivity contribution >= 4 is 62.1 Å². The molecule has 0 atom stereocenters. The highest BCUT2D eigenvalue weighted by Crippen LogP contribution is 2.28. The molecule has 0 saturated heterocycles. The fraction of sp³-hybridized carbons (Fsp3) is 0.200. The van der Waals surface area contributed by atoms with Crippen molar-refractivity contribution in [1.29, 1.82) is 0 Å². The molecule has 0 aliphatic heterocycles. The largest absolute Gasteiger partial charge is 0.492 e. The van der Waals surface area contributed by atoms with E-state index in [4.69, 9.17) is 10.5 Å². The smallest absolute Gasteiger partial charge is 0.184 e. The van der Waals surface area contributed by atoms with E-state index in [1.807, 2.05) is 19.1 Å². The fourth-order valence-corrected chi connectivity index (χ4v) is 2.90. The van der Waals surface area contributed by atoms with Crippen LogP contribution in [-0.2, 0) is 0 Å². The summed E-state index contributed by atoms with van der Waals surface area (Å²) >= 11 is 10.3. The van der Waals surface area contributed by atoms with Crippen LogP contribution in [0.3, 0.4) is 0 Å². The summed E-state index contributed by atoms with van der Waals surface area (Å²) < 4.78 is 7.54. The standard InChI is InChI=1S/C10H11BrIN3OS/c1-2-16-9-6(5-14-15-10(13)17)3-7(11)4-8(9)12/h3-5H,2H2,1H3,(H3,13,15,17)/b14-5-. The van der Waals surface area contributed by atoms with E-state index in [9.17, 15) is 0 Å². The number of rotatable bonds is 4. The SMILES string of the molecule is CCOc1c(I)cc(Br)cc1/C=N\NC(N)=S. The first kappa shape index (κ1) is 14.7. The Kier molecular flexibility index (Phi) is 6.14. The Morgan fingerprint density at radius 1 is 1.71 bits per heavy atom. The quantitative estimate of drug-likeness (QED) is 0.335. The third kappa shape index (κ3) is 4.76. The minimum Gasteiger partial charge on any atom is -0.492 e. The van der Waals surface area contributed by atoms with E-state index in [2.05, 4.69) is 61.3 Å². The van der Waals surface area contributed by atoms with Gasteiger partial charge >= 0.3 is 0 Å². The van der Waals surface area contributed by atoms with Crippen LogP contribution in [0, 0.1) is 3.57 Å². The Morgan fingerprint density at radius 2 is 2.41 bits per heavy atom. The van der Waals surface area contributed by atoms with Crippen LogP contribution in [0.5, 0.6) is 5.75 Å². The summed E-state index contributed by atoms with van der Waals surface area (Å²) in [5.74, 6) is 0.796. The summed E-state index contributed by atoms with van der Waals surface area (Å²) in [6.45, 7) is 2.54. The van der Waals surface area contributed by atoms with Crippen LogP contribution >= 0.6 is 50.7 Å². The van der Waals surface area contributed by atoms with Gasteiger partial charge in [0.1, 0.15) is 5.75 Å². The highest BCUT2D eigenvalue weighted by atomic mass is 127. The second-order valence-electron chi connectivity index (χ2n) is 2.97. The molecule has 0 aromatic heterocycles. The van der Waals surface area contributed by atoms with Crippen molar-refractivity contribution in [3.63, 3.8) is 0 Å². The molecule has 0 radical (unpaired) electrons. The Bertz CT molecular complexity index is 453. The van der Waals surface area contributed by atoms with Crippen LogP contribution in [0.25, 0.3) is 0 Å². The summed E-state index contributed by atoms with van der Waals surface area (Å²) in [7, 11) is 0. The second-order valence-corrected chi connectivity index (χ2v) is 5.49. The van der Waals surface area contributed by atoms with Gasteiger partial charge in [0.05, 0.1) is 16.4 Å². The van der Waals surface area contributed by atoms with Crippen LogP contribution in [0.1, 0.15) is 12.5 Å². The predicted molar refractivity (Wildman–Crippen MR) is 85.5 cm³/mol. The maximum absolute atomic E-state index is 5.57. The number of benzene rings is 1. The molecule has 17 heavy (non-hydrogen) atoms. The van der Waals surface area contributed by atoms with Crippen molar-refractivity contribution in [3.05, 3.63) is 25.7 Å². The van der Waals surface area contributed by atoms with Crippen LogP contribution in [0.15, 0.2) is 21.7 Å². The summed E-state index contributed by atoms with van der Waals surface area (Å²) in [4.78, 5) is 0. The second kappa shape index (κ2) is 7.12. The molecule has 92 valence electrons. The zero-order chi connectivity index (χ0) is 12.8. The monoisotopic (exact) mass is 427 g/mol. The van der Waals surface area contributed by atoms with Gasteiger partial charge in [-0.25, -0.2) is 0 Å². The topological polar surface area (TPSA) is 59.6 Å². The summed E-state index contributed by atoms with van der Waals surface area (Å²) in [5.41, 5.74) is 8.64. The lowest BCUT2D eigenvalue weighted by atomic mass is 10.2. The number of hydrogen-bond donors (Lipinski definition) is 2. The molecule has 0 unspecified atom stereocenters. The van der Waals surface area contributed by atoms with Gasteiger partial charge in [0.2, 0.25) is 0 Å². The zero-order valence-corrected chi connectivity index (χ0v) is 13.6. The third-order valence-electron chi connectivity index (χ3n) is 1.70. The molecule has 0 fully saturated rings. The fourth-order valence-electron chi connectivity index (χ4n) is 1.14. The van der Waals surface area contributed by atoms with Gasteiger partial charge in [0, 0.05) is 10.0 Å². The van der Waals surface area contributed by atoms with Crippen LogP contribution in [0.2, 0.25) is 0 Å². The number of nitrogens with one attached hydrogen (secondary N) is 1. The Balaban J connectivity index is 3.02. The summed E-state index contributed by atoms with van der Waals surface area (Å²) in [6, 6.07) is 3.89. The molecule has 0 aliphatic carbocycles. The first-order chi connectivity index (χ1) is 8.04. The Hall–Kier alpha value is -0.410. The first-order valence-corrected chi connectivity index (χ1v) is 7.03. The molecule has 0 heterocycles. The number of halogens is 2. The molecule has 3 N–H and O–H groups in total. The van der Waals surface area contributed by atoms with Gasteiger partial charge in [-0.2, -0.15) is 5.10 Å². The minimum atomic E-state index is 0.129. The van der Waals surface area contributed by atoms with E-state index in [1.165, 1.54) is 0 Å².